The lowest BCUT2D eigenvalue weighted by Gasteiger charge is -2.05. The van der Waals surface area contributed by atoms with Gasteiger partial charge in [0.05, 0.1) is 5.56 Å². The number of halogens is 1. The van der Waals surface area contributed by atoms with Crippen molar-refractivity contribution in [1.29, 1.82) is 0 Å². The van der Waals surface area contributed by atoms with E-state index in [9.17, 15) is 9.90 Å². The number of hydrogen-bond donors (Lipinski definition) is 2. The molecule has 1 heterocycles. The van der Waals surface area contributed by atoms with E-state index in [1.165, 1.54) is 12.1 Å². The van der Waals surface area contributed by atoms with E-state index >= 15 is 0 Å². The number of phenolic OH excluding ortho intramolecular Hbond substituents is 1. The quantitative estimate of drug-likeness (QED) is 0.884. The van der Waals surface area contributed by atoms with E-state index in [-0.39, 0.29) is 17.2 Å². The number of amides is 1. The number of aromatic hydroxyl groups is 1. The first-order valence-corrected chi connectivity index (χ1v) is 7.10. The summed E-state index contributed by atoms with van der Waals surface area (Å²) >= 11 is 5.72. The van der Waals surface area contributed by atoms with Crippen LogP contribution in [0.1, 0.15) is 40.8 Å². The maximum atomic E-state index is 11.9. The summed E-state index contributed by atoms with van der Waals surface area (Å²) in [7, 11) is 0. The molecule has 1 aliphatic rings. The second-order valence-electron chi connectivity index (χ2n) is 4.99. The lowest BCUT2D eigenvalue weighted by Crippen LogP contribution is -2.25. The lowest BCUT2D eigenvalue weighted by molar-refractivity contribution is 0.0951. The van der Waals surface area contributed by atoms with Crippen LogP contribution in [-0.4, -0.2) is 27.7 Å². The summed E-state index contributed by atoms with van der Waals surface area (Å²) in [6.07, 6.45) is 2.69. The average Bonchev–Trinajstić information content (AvgIpc) is 3.19. The number of carbonyl (C=O) groups is 1. The Kier molecular flexibility index (Phi) is 3.79. The molecule has 3 rings (SSSR count). The van der Waals surface area contributed by atoms with Crippen molar-refractivity contribution in [3.63, 3.8) is 0 Å². The molecule has 0 atom stereocenters. The average molecular weight is 308 g/mol. The Morgan fingerprint density at radius 2 is 2.29 bits per heavy atom. The van der Waals surface area contributed by atoms with Crippen LogP contribution in [0, 0.1) is 0 Å². The molecule has 6 nitrogen and oxygen atoms in total. The number of nitrogens with one attached hydrogen (secondary N) is 1. The van der Waals surface area contributed by atoms with Crippen LogP contribution >= 0.6 is 11.6 Å². The largest absolute Gasteiger partial charge is 0.507 e. The van der Waals surface area contributed by atoms with Crippen LogP contribution in [0.3, 0.4) is 0 Å². The number of aromatic nitrogens is 2. The van der Waals surface area contributed by atoms with Crippen molar-refractivity contribution in [3.05, 3.63) is 40.5 Å². The summed E-state index contributed by atoms with van der Waals surface area (Å²) in [5.41, 5.74) is 0.184. The Morgan fingerprint density at radius 1 is 1.48 bits per heavy atom. The van der Waals surface area contributed by atoms with E-state index in [1.54, 1.807) is 6.07 Å². The molecule has 2 aromatic rings. The first-order valence-electron chi connectivity index (χ1n) is 6.72. The van der Waals surface area contributed by atoms with Gasteiger partial charge in [-0.25, -0.2) is 0 Å². The highest BCUT2D eigenvalue weighted by Crippen LogP contribution is 2.38. The Hall–Kier alpha value is -2.08. The highest BCUT2D eigenvalue weighted by atomic mass is 35.5. The van der Waals surface area contributed by atoms with Crippen molar-refractivity contribution < 1.29 is 14.4 Å². The number of phenols is 1. The molecule has 21 heavy (non-hydrogen) atoms. The van der Waals surface area contributed by atoms with Crippen LogP contribution in [0.4, 0.5) is 0 Å². The topological polar surface area (TPSA) is 88.3 Å². The fourth-order valence-electron chi connectivity index (χ4n) is 1.95. The van der Waals surface area contributed by atoms with Crippen LogP contribution < -0.4 is 5.32 Å². The summed E-state index contributed by atoms with van der Waals surface area (Å²) in [6.45, 7) is 0.354. The molecule has 1 aliphatic carbocycles. The van der Waals surface area contributed by atoms with Crippen LogP contribution in [0.5, 0.6) is 5.75 Å². The van der Waals surface area contributed by atoms with Crippen LogP contribution in [-0.2, 0) is 6.42 Å². The first kappa shape index (κ1) is 13.9. The maximum absolute atomic E-state index is 11.9. The minimum atomic E-state index is -0.369. The molecule has 2 N–H and O–H groups in total. The zero-order valence-electron chi connectivity index (χ0n) is 11.2. The van der Waals surface area contributed by atoms with E-state index in [2.05, 4.69) is 15.5 Å². The molecule has 0 saturated heterocycles. The smallest absolute Gasteiger partial charge is 0.255 e. The third kappa shape index (κ3) is 3.33. The van der Waals surface area contributed by atoms with Crippen molar-refractivity contribution in [1.82, 2.24) is 15.5 Å². The Balaban J connectivity index is 1.53. The summed E-state index contributed by atoms with van der Waals surface area (Å²) < 4.78 is 5.11. The van der Waals surface area contributed by atoms with Gasteiger partial charge in [-0.2, -0.15) is 4.98 Å². The molecule has 1 aromatic heterocycles. The summed E-state index contributed by atoms with van der Waals surface area (Å²) in [5, 5.41) is 16.6. The molecule has 0 unspecified atom stereocenters. The minimum absolute atomic E-state index is 0.145. The molecular weight excluding hydrogens is 294 g/mol. The monoisotopic (exact) mass is 307 g/mol. The number of benzene rings is 1. The van der Waals surface area contributed by atoms with E-state index in [4.69, 9.17) is 16.1 Å². The number of carbonyl (C=O) groups excluding carboxylic acids is 1. The Bertz CT molecular complexity index is 667. The minimum Gasteiger partial charge on any atom is -0.507 e. The van der Waals surface area contributed by atoms with E-state index in [0.717, 1.165) is 18.7 Å². The van der Waals surface area contributed by atoms with Gasteiger partial charge in [-0.05, 0) is 31.0 Å². The van der Waals surface area contributed by atoms with E-state index < -0.39 is 0 Å². The molecule has 0 spiro atoms. The van der Waals surface area contributed by atoms with Gasteiger partial charge in [-0.1, -0.05) is 16.8 Å². The summed E-state index contributed by atoms with van der Waals surface area (Å²) in [5.74, 6) is 1.20. The van der Waals surface area contributed by atoms with Gasteiger partial charge in [0, 0.05) is 23.9 Å². The molecule has 7 heteroatoms. The molecule has 1 aromatic carbocycles. The number of nitrogens with zero attached hydrogens (tertiary/aromatic N) is 2. The molecular formula is C14H14ClN3O3. The van der Waals surface area contributed by atoms with Crippen molar-refractivity contribution in [2.45, 2.75) is 25.2 Å². The van der Waals surface area contributed by atoms with Crippen LogP contribution in [0.15, 0.2) is 22.7 Å². The third-order valence-electron chi connectivity index (χ3n) is 3.26. The second kappa shape index (κ2) is 5.73. The second-order valence-corrected chi connectivity index (χ2v) is 5.42. The van der Waals surface area contributed by atoms with Crippen molar-refractivity contribution in [2.24, 2.45) is 0 Å². The van der Waals surface area contributed by atoms with Gasteiger partial charge in [0.1, 0.15) is 5.75 Å². The van der Waals surface area contributed by atoms with Crippen LogP contribution in [0.25, 0.3) is 0 Å². The highest BCUT2D eigenvalue weighted by molar-refractivity contribution is 6.30. The molecule has 1 saturated carbocycles. The zero-order valence-corrected chi connectivity index (χ0v) is 11.9. The summed E-state index contributed by atoms with van der Waals surface area (Å²) in [4.78, 5) is 16.2. The predicted octanol–water partition coefficient (Wildman–Crippen LogP) is 2.28. The fourth-order valence-corrected chi connectivity index (χ4v) is 2.12. The molecule has 0 bridgehead atoms. The van der Waals surface area contributed by atoms with Gasteiger partial charge in [0.25, 0.3) is 5.91 Å². The van der Waals surface area contributed by atoms with Crippen molar-refractivity contribution in [3.8, 4) is 5.75 Å². The van der Waals surface area contributed by atoms with Gasteiger partial charge in [-0.15, -0.1) is 0 Å². The molecule has 0 radical (unpaired) electrons. The number of hydrogen-bond acceptors (Lipinski definition) is 5. The van der Waals surface area contributed by atoms with E-state index in [0.29, 0.717) is 29.8 Å². The van der Waals surface area contributed by atoms with Gasteiger partial charge in [0.15, 0.2) is 5.82 Å². The number of rotatable bonds is 5. The normalized spacial score (nSPS) is 14.1. The molecule has 110 valence electrons. The first-order chi connectivity index (χ1) is 10.1. The molecule has 0 aliphatic heterocycles. The Labute approximate surface area is 126 Å². The van der Waals surface area contributed by atoms with Crippen molar-refractivity contribution in [2.75, 3.05) is 6.54 Å². The Morgan fingerprint density at radius 3 is 3.00 bits per heavy atom. The van der Waals surface area contributed by atoms with Gasteiger partial charge < -0.3 is 14.9 Å². The summed E-state index contributed by atoms with van der Waals surface area (Å²) in [6, 6.07) is 4.36. The fraction of sp³-hybridized carbons (Fsp3) is 0.357. The van der Waals surface area contributed by atoms with Gasteiger partial charge in [-0.3, -0.25) is 4.79 Å². The van der Waals surface area contributed by atoms with Gasteiger partial charge >= 0.3 is 0 Å². The van der Waals surface area contributed by atoms with Gasteiger partial charge in [0.2, 0.25) is 5.89 Å². The van der Waals surface area contributed by atoms with E-state index in [1.807, 2.05) is 0 Å². The molecule has 1 fully saturated rings. The predicted molar refractivity (Wildman–Crippen MR) is 75.4 cm³/mol. The zero-order chi connectivity index (χ0) is 14.8. The van der Waals surface area contributed by atoms with Crippen molar-refractivity contribution >= 4 is 17.5 Å². The lowest BCUT2D eigenvalue weighted by atomic mass is 10.2. The maximum Gasteiger partial charge on any atom is 0.255 e. The molecule has 1 amide bonds. The standard InChI is InChI=1S/C14H14ClN3O3/c15-9-3-4-10(11(19)7-9)14(20)16-6-5-12-17-13(18-21-12)8-1-2-8/h3-4,7-8,19H,1-2,5-6H2,(H,16,20). The highest BCUT2D eigenvalue weighted by Gasteiger charge is 2.28. The van der Waals surface area contributed by atoms with Crippen LogP contribution in [0.2, 0.25) is 5.02 Å². The SMILES string of the molecule is O=C(NCCc1nc(C2CC2)no1)c1ccc(Cl)cc1O. The third-order valence-corrected chi connectivity index (χ3v) is 3.49.